The van der Waals surface area contributed by atoms with Crippen LogP contribution >= 0.6 is 0 Å². The lowest BCUT2D eigenvalue weighted by atomic mass is 9.97. The number of rotatable bonds is 4. The minimum absolute atomic E-state index is 0.0401. The van der Waals surface area contributed by atoms with Crippen LogP contribution in [0.2, 0.25) is 0 Å². The summed E-state index contributed by atoms with van der Waals surface area (Å²) < 4.78 is 5.18. The third kappa shape index (κ3) is 2.88. The number of nitrogens with two attached hydrogens (primary N) is 1. The number of fused-ring (bicyclic) bond motifs is 1. The molecule has 3 nitrogen and oxygen atoms in total. The Kier molecular flexibility index (Phi) is 3.84. The first kappa shape index (κ1) is 13.6. The monoisotopic (exact) mass is 278 g/mol. The fourth-order valence-electron chi connectivity index (χ4n) is 2.54. The van der Waals surface area contributed by atoms with Gasteiger partial charge in [-0.3, -0.25) is 4.98 Å². The topological polar surface area (TPSA) is 48.1 Å². The summed E-state index contributed by atoms with van der Waals surface area (Å²) in [6.45, 7) is 0. The highest BCUT2D eigenvalue weighted by molar-refractivity contribution is 5.81. The van der Waals surface area contributed by atoms with Crippen molar-refractivity contribution >= 4 is 10.9 Å². The minimum atomic E-state index is -0.0401. The van der Waals surface area contributed by atoms with Crippen molar-refractivity contribution in [2.24, 2.45) is 5.73 Å². The fourth-order valence-corrected chi connectivity index (χ4v) is 2.54. The molecule has 0 saturated carbocycles. The highest BCUT2D eigenvalue weighted by Crippen LogP contribution is 2.23. The Hall–Kier alpha value is -2.39. The van der Waals surface area contributed by atoms with Crippen LogP contribution in [0, 0.1) is 0 Å². The normalized spacial score (nSPS) is 12.3. The number of ether oxygens (including phenoxy) is 1. The van der Waals surface area contributed by atoms with E-state index in [1.807, 2.05) is 54.7 Å². The van der Waals surface area contributed by atoms with E-state index in [-0.39, 0.29) is 6.04 Å². The molecule has 0 spiro atoms. The van der Waals surface area contributed by atoms with Gasteiger partial charge in [-0.1, -0.05) is 30.3 Å². The van der Waals surface area contributed by atoms with Crippen LogP contribution in [0.4, 0.5) is 0 Å². The van der Waals surface area contributed by atoms with Crippen LogP contribution < -0.4 is 10.5 Å². The van der Waals surface area contributed by atoms with Gasteiger partial charge in [0, 0.05) is 17.6 Å². The van der Waals surface area contributed by atoms with E-state index in [4.69, 9.17) is 10.5 Å². The average Bonchev–Trinajstić information content (AvgIpc) is 2.55. The van der Waals surface area contributed by atoms with Crippen LogP contribution in [0.25, 0.3) is 10.9 Å². The summed E-state index contributed by atoms with van der Waals surface area (Å²) >= 11 is 0. The molecule has 0 amide bonds. The summed E-state index contributed by atoms with van der Waals surface area (Å²) in [4.78, 5) is 4.39. The van der Waals surface area contributed by atoms with Crippen molar-refractivity contribution in [3.8, 4) is 5.75 Å². The molecule has 0 aliphatic heterocycles. The van der Waals surface area contributed by atoms with Gasteiger partial charge in [-0.15, -0.1) is 0 Å². The molecule has 2 aromatic carbocycles. The average molecular weight is 278 g/mol. The highest BCUT2D eigenvalue weighted by Gasteiger charge is 2.10. The largest absolute Gasteiger partial charge is 0.497 e. The second kappa shape index (κ2) is 5.94. The number of benzene rings is 2. The van der Waals surface area contributed by atoms with E-state index in [1.54, 1.807) is 7.11 Å². The van der Waals surface area contributed by atoms with Gasteiger partial charge in [-0.2, -0.15) is 0 Å². The van der Waals surface area contributed by atoms with Crippen LogP contribution in [0.5, 0.6) is 5.75 Å². The quantitative estimate of drug-likeness (QED) is 0.794. The fraction of sp³-hybridized carbons (Fsp3) is 0.167. The van der Waals surface area contributed by atoms with Crippen LogP contribution in [0.1, 0.15) is 17.2 Å². The SMILES string of the molecule is COc1ccc(C(N)Cc2ccnc3ccccc23)cc1. The summed E-state index contributed by atoms with van der Waals surface area (Å²) in [5.74, 6) is 0.848. The Balaban J connectivity index is 1.87. The number of hydrogen-bond acceptors (Lipinski definition) is 3. The van der Waals surface area contributed by atoms with E-state index in [0.717, 1.165) is 23.3 Å². The van der Waals surface area contributed by atoms with Gasteiger partial charge >= 0.3 is 0 Å². The molecule has 21 heavy (non-hydrogen) atoms. The first-order valence-corrected chi connectivity index (χ1v) is 7.00. The zero-order valence-electron chi connectivity index (χ0n) is 12.0. The summed E-state index contributed by atoms with van der Waals surface area (Å²) in [6.07, 6.45) is 2.63. The summed E-state index contributed by atoms with van der Waals surface area (Å²) in [5, 5.41) is 1.17. The number of methoxy groups -OCH3 is 1. The molecule has 3 rings (SSSR count). The lowest BCUT2D eigenvalue weighted by Crippen LogP contribution is -2.13. The molecule has 3 aromatic rings. The molecule has 0 aliphatic rings. The lowest BCUT2D eigenvalue weighted by Gasteiger charge is -2.14. The molecule has 0 aliphatic carbocycles. The van der Waals surface area contributed by atoms with Gasteiger partial charge in [-0.25, -0.2) is 0 Å². The molecular weight excluding hydrogens is 260 g/mol. The zero-order valence-corrected chi connectivity index (χ0v) is 12.0. The minimum Gasteiger partial charge on any atom is -0.497 e. The van der Waals surface area contributed by atoms with Gasteiger partial charge in [0.15, 0.2) is 0 Å². The van der Waals surface area contributed by atoms with Crippen LogP contribution in [0.3, 0.4) is 0 Å². The molecule has 106 valence electrons. The lowest BCUT2D eigenvalue weighted by molar-refractivity contribution is 0.414. The van der Waals surface area contributed by atoms with Crippen molar-refractivity contribution in [1.82, 2.24) is 4.98 Å². The molecule has 1 atom stereocenters. The van der Waals surface area contributed by atoms with Gasteiger partial charge in [-0.05, 0) is 41.8 Å². The molecule has 3 heteroatoms. The van der Waals surface area contributed by atoms with Crippen LogP contribution in [-0.4, -0.2) is 12.1 Å². The van der Waals surface area contributed by atoms with Crippen molar-refractivity contribution in [2.75, 3.05) is 7.11 Å². The first-order chi connectivity index (χ1) is 10.3. The standard InChI is InChI=1S/C18H18N2O/c1-21-15-8-6-13(7-9-15)17(19)12-14-10-11-20-18-5-3-2-4-16(14)18/h2-11,17H,12,19H2,1H3. The summed E-state index contributed by atoms with van der Waals surface area (Å²) in [5.41, 5.74) is 9.69. The molecule has 1 unspecified atom stereocenters. The molecule has 0 radical (unpaired) electrons. The number of pyridine rings is 1. The number of hydrogen-bond donors (Lipinski definition) is 1. The maximum absolute atomic E-state index is 6.35. The van der Waals surface area contributed by atoms with Crippen molar-refractivity contribution in [1.29, 1.82) is 0 Å². The van der Waals surface area contributed by atoms with Gasteiger partial charge in [0.1, 0.15) is 5.75 Å². The number of nitrogens with zero attached hydrogens (tertiary/aromatic N) is 1. The molecular formula is C18H18N2O. The molecule has 0 fully saturated rings. The van der Waals surface area contributed by atoms with E-state index < -0.39 is 0 Å². The van der Waals surface area contributed by atoms with E-state index >= 15 is 0 Å². The van der Waals surface area contributed by atoms with Crippen molar-refractivity contribution in [3.63, 3.8) is 0 Å². The second-order valence-electron chi connectivity index (χ2n) is 5.07. The van der Waals surface area contributed by atoms with E-state index in [2.05, 4.69) is 11.1 Å². The second-order valence-corrected chi connectivity index (χ2v) is 5.07. The van der Waals surface area contributed by atoms with Crippen LogP contribution in [-0.2, 0) is 6.42 Å². The molecule has 1 heterocycles. The Morgan fingerprint density at radius 3 is 2.57 bits per heavy atom. The predicted octanol–water partition coefficient (Wildman–Crippen LogP) is 3.49. The van der Waals surface area contributed by atoms with Gasteiger partial charge < -0.3 is 10.5 Å². The number of para-hydroxylation sites is 1. The molecule has 1 aromatic heterocycles. The van der Waals surface area contributed by atoms with Gasteiger partial charge in [0.2, 0.25) is 0 Å². The van der Waals surface area contributed by atoms with Crippen molar-refractivity contribution in [3.05, 3.63) is 71.9 Å². The maximum atomic E-state index is 6.35. The Bertz CT molecular complexity index is 732. The summed E-state index contributed by atoms with van der Waals surface area (Å²) in [7, 11) is 1.66. The summed E-state index contributed by atoms with van der Waals surface area (Å²) in [6, 6.07) is 18.1. The molecule has 2 N–H and O–H groups in total. The van der Waals surface area contributed by atoms with Gasteiger partial charge in [0.25, 0.3) is 0 Å². The molecule has 0 bridgehead atoms. The zero-order chi connectivity index (χ0) is 14.7. The number of aromatic nitrogens is 1. The highest BCUT2D eigenvalue weighted by atomic mass is 16.5. The Labute approximate surface area is 124 Å². The van der Waals surface area contributed by atoms with E-state index in [1.165, 1.54) is 10.9 Å². The predicted molar refractivity (Wildman–Crippen MR) is 85.4 cm³/mol. The first-order valence-electron chi connectivity index (χ1n) is 7.00. The Morgan fingerprint density at radius 1 is 1.05 bits per heavy atom. The van der Waals surface area contributed by atoms with Crippen molar-refractivity contribution < 1.29 is 4.74 Å². The van der Waals surface area contributed by atoms with Crippen molar-refractivity contribution in [2.45, 2.75) is 12.5 Å². The third-order valence-electron chi connectivity index (χ3n) is 3.72. The van der Waals surface area contributed by atoms with Gasteiger partial charge in [0.05, 0.1) is 12.6 Å². The van der Waals surface area contributed by atoms with E-state index in [9.17, 15) is 0 Å². The maximum Gasteiger partial charge on any atom is 0.118 e. The van der Waals surface area contributed by atoms with Crippen LogP contribution in [0.15, 0.2) is 60.8 Å². The smallest absolute Gasteiger partial charge is 0.118 e. The molecule has 0 saturated heterocycles. The Morgan fingerprint density at radius 2 is 1.81 bits per heavy atom. The third-order valence-corrected chi connectivity index (χ3v) is 3.72. The van der Waals surface area contributed by atoms with E-state index in [0.29, 0.717) is 0 Å².